The third-order valence-corrected chi connectivity index (χ3v) is 5.53. The molecule has 0 atom stereocenters. The van der Waals surface area contributed by atoms with Gasteiger partial charge in [-0.2, -0.15) is 0 Å². The SMILES string of the molecule is C=CC(=O)N1CCC(C(=O)Nc2ccc(S(C)(=O)=O)c(Cl)c2)CC1. The maximum absolute atomic E-state index is 12.3. The Hall–Kier alpha value is -1.86. The van der Waals surface area contributed by atoms with Crippen LogP contribution in [0.25, 0.3) is 0 Å². The highest BCUT2D eigenvalue weighted by molar-refractivity contribution is 7.90. The summed E-state index contributed by atoms with van der Waals surface area (Å²) in [5, 5.41) is 2.82. The average molecular weight is 371 g/mol. The molecule has 1 N–H and O–H groups in total. The van der Waals surface area contributed by atoms with Crippen molar-refractivity contribution in [3.8, 4) is 0 Å². The van der Waals surface area contributed by atoms with Gasteiger partial charge in [0.25, 0.3) is 0 Å². The molecule has 0 saturated carbocycles. The van der Waals surface area contributed by atoms with Crippen molar-refractivity contribution in [2.45, 2.75) is 17.7 Å². The minimum absolute atomic E-state index is 0.0263. The number of anilines is 1. The molecular formula is C16H19ClN2O4S. The van der Waals surface area contributed by atoms with Crippen molar-refractivity contribution >= 4 is 38.9 Å². The number of halogens is 1. The van der Waals surface area contributed by atoms with Gasteiger partial charge in [-0.15, -0.1) is 0 Å². The molecule has 0 aromatic heterocycles. The number of nitrogens with one attached hydrogen (secondary N) is 1. The number of hydrogen-bond acceptors (Lipinski definition) is 4. The molecule has 6 nitrogen and oxygen atoms in total. The quantitative estimate of drug-likeness (QED) is 0.823. The summed E-state index contributed by atoms with van der Waals surface area (Å²) in [6.07, 6.45) is 3.48. The lowest BCUT2D eigenvalue weighted by molar-refractivity contribution is -0.130. The molecule has 24 heavy (non-hydrogen) atoms. The Morgan fingerprint density at radius 1 is 1.33 bits per heavy atom. The van der Waals surface area contributed by atoms with E-state index in [1.165, 1.54) is 24.3 Å². The molecule has 1 aliphatic heterocycles. The molecule has 1 aromatic rings. The van der Waals surface area contributed by atoms with E-state index in [1.54, 1.807) is 4.90 Å². The van der Waals surface area contributed by atoms with Gasteiger partial charge < -0.3 is 10.2 Å². The minimum atomic E-state index is -3.41. The van der Waals surface area contributed by atoms with Crippen molar-refractivity contribution in [2.24, 2.45) is 5.92 Å². The number of amides is 2. The van der Waals surface area contributed by atoms with Gasteiger partial charge in [0.1, 0.15) is 0 Å². The van der Waals surface area contributed by atoms with Gasteiger partial charge >= 0.3 is 0 Å². The minimum Gasteiger partial charge on any atom is -0.339 e. The summed E-state index contributed by atoms with van der Waals surface area (Å²) in [5.74, 6) is -0.492. The molecule has 2 rings (SSSR count). The Bertz CT molecular complexity index is 768. The first-order chi connectivity index (χ1) is 11.2. The van der Waals surface area contributed by atoms with Crippen molar-refractivity contribution < 1.29 is 18.0 Å². The lowest BCUT2D eigenvalue weighted by atomic mass is 9.95. The fourth-order valence-electron chi connectivity index (χ4n) is 2.61. The van der Waals surface area contributed by atoms with Crippen molar-refractivity contribution in [2.75, 3.05) is 24.7 Å². The Balaban J connectivity index is 2.00. The molecule has 0 unspecified atom stereocenters. The van der Waals surface area contributed by atoms with Crippen LogP contribution in [-0.4, -0.2) is 44.5 Å². The summed E-state index contributed by atoms with van der Waals surface area (Å²) in [7, 11) is -3.41. The molecule has 0 radical (unpaired) electrons. The number of rotatable bonds is 4. The second-order valence-corrected chi connectivity index (χ2v) is 8.10. The fourth-order valence-corrected chi connectivity index (χ4v) is 3.94. The van der Waals surface area contributed by atoms with E-state index in [2.05, 4.69) is 11.9 Å². The van der Waals surface area contributed by atoms with Gasteiger partial charge in [0.2, 0.25) is 11.8 Å². The number of carbonyl (C=O) groups excluding carboxylic acids is 2. The van der Waals surface area contributed by atoms with Crippen LogP contribution in [0, 0.1) is 5.92 Å². The van der Waals surface area contributed by atoms with Crippen LogP contribution >= 0.6 is 11.6 Å². The zero-order chi connectivity index (χ0) is 17.9. The average Bonchev–Trinajstić information content (AvgIpc) is 2.53. The van der Waals surface area contributed by atoms with Gasteiger partial charge in [-0.1, -0.05) is 18.2 Å². The standard InChI is InChI=1S/C16H19ClN2O4S/c1-3-15(20)19-8-6-11(7-9-19)16(21)18-12-4-5-14(13(17)10-12)24(2,22)23/h3-5,10-11H,1,6-9H2,2H3,(H,18,21). The molecule has 1 fully saturated rings. The molecule has 8 heteroatoms. The van der Waals surface area contributed by atoms with Crippen molar-refractivity contribution in [1.29, 1.82) is 0 Å². The van der Waals surface area contributed by atoms with Crippen LogP contribution in [0.5, 0.6) is 0 Å². The molecule has 1 aliphatic rings. The van der Waals surface area contributed by atoms with Crippen LogP contribution < -0.4 is 5.32 Å². The lowest BCUT2D eigenvalue weighted by Crippen LogP contribution is -2.40. The van der Waals surface area contributed by atoms with E-state index in [-0.39, 0.29) is 27.7 Å². The predicted octanol–water partition coefficient (Wildman–Crippen LogP) is 2.11. The lowest BCUT2D eigenvalue weighted by Gasteiger charge is -2.30. The smallest absolute Gasteiger partial charge is 0.245 e. The van der Waals surface area contributed by atoms with E-state index in [0.717, 1.165) is 6.26 Å². The zero-order valence-electron chi connectivity index (χ0n) is 13.3. The first kappa shape index (κ1) is 18.5. The Kier molecular flexibility index (Phi) is 5.66. The highest BCUT2D eigenvalue weighted by Gasteiger charge is 2.26. The fraction of sp³-hybridized carbons (Fsp3) is 0.375. The van der Waals surface area contributed by atoms with Gasteiger partial charge in [0.15, 0.2) is 9.84 Å². The summed E-state index contributed by atoms with van der Waals surface area (Å²) in [6.45, 7) is 4.47. The van der Waals surface area contributed by atoms with Crippen molar-refractivity contribution in [1.82, 2.24) is 4.90 Å². The van der Waals surface area contributed by atoms with Gasteiger partial charge in [-0.3, -0.25) is 9.59 Å². The highest BCUT2D eigenvalue weighted by atomic mass is 35.5. The molecular weight excluding hydrogens is 352 g/mol. The zero-order valence-corrected chi connectivity index (χ0v) is 14.9. The number of hydrogen-bond donors (Lipinski definition) is 1. The summed E-state index contributed by atoms with van der Waals surface area (Å²) in [5.41, 5.74) is 0.446. The Labute approximate surface area is 146 Å². The van der Waals surface area contributed by atoms with E-state index >= 15 is 0 Å². The summed E-state index contributed by atoms with van der Waals surface area (Å²) in [4.78, 5) is 25.5. The number of likely N-dealkylation sites (tertiary alicyclic amines) is 1. The first-order valence-electron chi connectivity index (χ1n) is 7.44. The second-order valence-electron chi connectivity index (χ2n) is 5.71. The topological polar surface area (TPSA) is 83.6 Å². The normalized spacial score (nSPS) is 15.8. The summed E-state index contributed by atoms with van der Waals surface area (Å²) in [6, 6.07) is 4.31. The number of piperidine rings is 1. The maximum Gasteiger partial charge on any atom is 0.245 e. The molecule has 0 bridgehead atoms. The van der Waals surface area contributed by atoms with E-state index in [9.17, 15) is 18.0 Å². The molecule has 1 saturated heterocycles. The van der Waals surface area contributed by atoms with Crippen LogP contribution in [0.4, 0.5) is 5.69 Å². The van der Waals surface area contributed by atoms with Gasteiger partial charge in [0, 0.05) is 31.0 Å². The van der Waals surface area contributed by atoms with Crippen LogP contribution in [0.2, 0.25) is 5.02 Å². The largest absolute Gasteiger partial charge is 0.339 e. The van der Waals surface area contributed by atoms with Crippen LogP contribution in [-0.2, 0) is 19.4 Å². The highest BCUT2D eigenvalue weighted by Crippen LogP contribution is 2.26. The predicted molar refractivity (Wildman–Crippen MR) is 92.7 cm³/mol. The van der Waals surface area contributed by atoms with E-state index in [0.29, 0.717) is 31.6 Å². The third-order valence-electron chi connectivity index (χ3n) is 3.95. The van der Waals surface area contributed by atoms with E-state index in [4.69, 9.17) is 11.6 Å². The maximum atomic E-state index is 12.3. The number of benzene rings is 1. The van der Waals surface area contributed by atoms with E-state index in [1.807, 2.05) is 0 Å². The third kappa shape index (κ3) is 4.36. The van der Waals surface area contributed by atoms with Gasteiger partial charge in [0.05, 0.1) is 9.92 Å². The molecule has 1 heterocycles. The van der Waals surface area contributed by atoms with Gasteiger partial charge in [-0.25, -0.2) is 8.42 Å². The van der Waals surface area contributed by atoms with Crippen molar-refractivity contribution in [3.05, 3.63) is 35.9 Å². The number of nitrogens with zero attached hydrogens (tertiary/aromatic N) is 1. The summed E-state index contributed by atoms with van der Waals surface area (Å²) >= 11 is 5.97. The monoisotopic (exact) mass is 370 g/mol. The summed E-state index contributed by atoms with van der Waals surface area (Å²) < 4.78 is 23.1. The molecule has 2 amide bonds. The first-order valence-corrected chi connectivity index (χ1v) is 9.71. The van der Waals surface area contributed by atoms with Crippen LogP contribution in [0.1, 0.15) is 12.8 Å². The Morgan fingerprint density at radius 3 is 2.46 bits per heavy atom. The second kappa shape index (κ2) is 7.36. The van der Waals surface area contributed by atoms with E-state index < -0.39 is 9.84 Å². The number of sulfone groups is 1. The molecule has 0 spiro atoms. The molecule has 0 aliphatic carbocycles. The number of carbonyl (C=O) groups is 2. The van der Waals surface area contributed by atoms with Crippen LogP contribution in [0.3, 0.4) is 0 Å². The molecule has 130 valence electrons. The van der Waals surface area contributed by atoms with Crippen LogP contribution in [0.15, 0.2) is 35.7 Å². The molecule has 1 aromatic carbocycles. The van der Waals surface area contributed by atoms with Crippen molar-refractivity contribution in [3.63, 3.8) is 0 Å². The Morgan fingerprint density at radius 2 is 1.96 bits per heavy atom. The van der Waals surface area contributed by atoms with Gasteiger partial charge in [-0.05, 0) is 37.1 Å².